The van der Waals surface area contributed by atoms with E-state index in [0.717, 1.165) is 32.6 Å². The van der Waals surface area contributed by atoms with Crippen molar-refractivity contribution in [1.82, 2.24) is 9.96 Å². The summed E-state index contributed by atoms with van der Waals surface area (Å²) in [6.45, 7) is 5.28. The Balaban J connectivity index is 2.28. The molecule has 1 rings (SSSR count). The second-order valence-corrected chi connectivity index (χ2v) is 3.24. The van der Waals surface area contributed by atoms with Gasteiger partial charge in [-0.3, -0.25) is 4.79 Å². The molecule has 1 aliphatic rings. The molecular weight excluding hydrogens is 168 g/mol. The van der Waals surface area contributed by atoms with Crippen molar-refractivity contribution < 1.29 is 9.63 Å². The van der Waals surface area contributed by atoms with Crippen LogP contribution in [0.25, 0.3) is 0 Å². The maximum Gasteiger partial charge on any atom is 0.222 e. The second-order valence-electron chi connectivity index (χ2n) is 3.24. The lowest BCUT2D eigenvalue weighted by molar-refractivity contribution is -0.161. The first-order chi connectivity index (χ1) is 6.27. The van der Waals surface area contributed by atoms with E-state index in [1.807, 2.05) is 16.9 Å². The molecule has 13 heavy (non-hydrogen) atoms. The molecule has 1 heterocycles. The molecular formula is C9H18N2O2. The van der Waals surface area contributed by atoms with E-state index in [4.69, 9.17) is 4.84 Å². The molecule has 0 aromatic carbocycles. The van der Waals surface area contributed by atoms with Crippen molar-refractivity contribution in [3.05, 3.63) is 0 Å². The first-order valence-corrected chi connectivity index (χ1v) is 4.84. The Morgan fingerprint density at radius 1 is 1.31 bits per heavy atom. The van der Waals surface area contributed by atoms with Gasteiger partial charge in [0.2, 0.25) is 5.91 Å². The van der Waals surface area contributed by atoms with Gasteiger partial charge in [-0.15, -0.1) is 0 Å². The first-order valence-electron chi connectivity index (χ1n) is 4.84. The van der Waals surface area contributed by atoms with E-state index < -0.39 is 0 Å². The van der Waals surface area contributed by atoms with Crippen molar-refractivity contribution in [1.29, 1.82) is 0 Å². The average Bonchev–Trinajstić information content (AvgIpc) is 2.18. The molecule has 0 atom stereocenters. The minimum absolute atomic E-state index is 0.276. The van der Waals surface area contributed by atoms with Gasteiger partial charge in [0.25, 0.3) is 0 Å². The highest BCUT2D eigenvalue weighted by Gasteiger charge is 2.19. The van der Waals surface area contributed by atoms with Crippen LogP contribution in [0.15, 0.2) is 0 Å². The number of hydrogen-bond donors (Lipinski definition) is 0. The largest absolute Gasteiger partial charge is 0.340 e. The summed E-state index contributed by atoms with van der Waals surface area (Å²) < 4.78 is 0. The molecule has 0 radical (unpaired) electrons. The zero-order valence-corrected chi connectivity index (χ0v) is 8.45. The molecule has 0 saturated carbocycles. The van der Waals surface area contributed by atoms with Crippen molar-refractivity contribution in [2.45, 2.75) is 19.8 Å². The van der Waals surface area contributed by atoms with E-state index in [2.05, 4.69) is 0 Å². The molecule has 1 saturated heterocycles. The summed E-state index contributed by atoms with van der Waals surface area (Å²) in [6, 6.07) is 0. The van der Waals surface area contributed by atoms with Gasteiger partial charge in [-0.1, -0.05) is 6.92 Å². The summed E-state index contributed by atoms with van der Waals surface area (Å²) in [5.41, 5.74) is 0. The number of nitrogens with zero attached hydrogens (tertiary/aromatic N) is 2. The van der Waals surface area contributed by atoms with E-state index in [0.29, 0.717) is 6.42 Å². The van der Waals surface area contributed by atoms with Crippen LogP contribution in [0.5, 0.6) is 0 Å². The number of hydroxylamine groups is 2. The molecule has 1 aliphatic heterocycles. The SMILES string of the molecule is CCCC(=O)N1CCN(OC)CC1. The van der Waals surface area contributed by atoms with E-state index in [9.17, 15) is 4.79 Å². The van der Waals surface area contributed by atoms with E-state index >= 15 is 0 Å². The monoisotopic (exact) mass is 186 g/mol. The van der Waals surface area contributed by atoms with Gasteiger partial charge in [-0.05, 0) is 6.42 Å². The molecule has 4 heteroatoms. The van der Waals surface area contributed by atoms with Crippen LogP contribution in [0.3, 0.4) is 0 Å². The van der Waals surface area contributed by atoms with Crippen LogP contribution in [0, 0.1) is 0 Å². The standard InChI is InChI=1S/C9H18N2O2/c1-3-4-9(12)10-5-7-11(13-2)8-6-10/h3-8H2,1-2H3. The normalized spacial score (nSPS) is 19.1. The smallest absolute Gasteiger partial charge is 0.222 e. The molecule has 0 spiro atoms. The lowest BCUT2D eigenvalue weighted by Crippen LogP contribution is -2.48. The van der Waals surface area contributed by atoms with Crippen LogP contribution in [0.2, 0.25) is 0 Å². The average molecular weight is 186 g/mol. The molecule has 0 N–H and O–H groups in total. The van der Waals surface area contributed by atoms with Gasteiger partial charge in [0.15, 0.2) is 0 Å². The molecule has 76 valence electrons. The zero-order chi connectivity index (χ0) is 9.68. The van der Waals surface area contributed by atoms with Crippen molar-refractivity contribution in [2.75, 3.05) is 33.3 Å². The second kappa shape index (κ2) is 5.19. The third kappa shape index (κ3) is 2.97. The molecule has 0 aromatic rings. The summed E-state index contributed by atoms with van der Waals surface area (Å²) in [5, 5.41) is 1.88. The Bertz CT molecular complexity index is 165. The number of hydrogen-bond acceptors (Lipinski definition) is 3. The highest BCUT2D eigenvalue weighted by atomic mass is 16.7. The van der Waals surface area contributed by atoms with Crippen molar-refractivity contribution in [3.8, 4) is 0 Å². The lowest BCUT2D eigenvalue weighted by Gasteiger charge is -2.33. The summed E-state index contributed by atoms with van der Waals surface area (Å²) in [6.07, 6.45) is 1.61. The Labute approximate surface area is 79.4 Å². The maximum atomic E-state index is 11.5. The predicted octanol–water partition coefficient (Wildman–Crippen LogP) is 0.492. The van der Waals surface area contributed by atoms with Gasteiger partial charge in [0.1, 0.15) is 0 Å². The lowest BCUT2D eigenvalue weighted by atomic mass is 10.2. The molecule has 1 fully saturated rings. The first kappa shape index (κ1) is 10.5. The van der Waals surface area contributed by atoms with Gasteiger partial charge in [-0.2, -0.15) is 5.06 Å². The number of carbonyl (C=O) groups excluding carboxylic acids is 1. The summed E-state index contributed by atoms with van der Waals surface area (Å²) in [5.74, 6) is 0.276. The predicted molar refractivity (Wildman–Crippen MR) is 50.1 cm³/mol. The quantitative estimate of drug-likeness (QED) is 0.643. The number of amides is 1. The van der Waals surface area contributed by atoms with Crippen LogP contribution in [-0.2, 0) is 9.63 Å². The van der Waals surface area contributed by atoms with Gasteiger partial charge in [-0.25, -0.2) is 0 Å². The molecule has 0 bridgehead atoms. The van der Waals surface area contributed by atoms with Gasteiger partial charge < -0.3 is 9.74 Å². The van der Waals surface area contributed by atoms with Crippen molar-refractivity contribution in [3.63, 3.8) is 0 Å². The number of piperazine rings is 1. The van der Waals surface area contributed by atoms with Crippen LogP contribution in [0.1, 0.15) is 19.8 Å². The molecule has 0 unspecified atom stereocenters. The molecule has 1 amide bonds. The summed E-state index contributed by atoms with van der Waals surface area (Å²) in [7, 11) is 1.67. The fourth-order valence-electron chi connectivity index (χ4n) is 1.49. The van der Waals surface area contributed by atoms with Gasteiger partial charge >= 0.3 is 0 Å². The Morgan fingerprint density at radius 3 is 2.38 bits per heavy atom. The Hall–Kier alpha value is -0.610. The third-order valence-electron chi connectivity index (χ3n) is 2.31. The fraction of sp³-hybridized carbons (Fsp3) is 0.889. The zero-order valence-electron chi connectivity index (χ0n) is 8.45. The van der Waals surface area contributed by atoms with E-state index in [-0.39, 0.29) is 5.91 Å². The number of carbonyl (C=O) groups is 1. The van der Waals surface area contributed by atoms with Crippen molar-refractivity contribution in [2.24, 2.45) is 0 Å². The van der Waals surface area contributed by atoms with Gasteiger partial charge in [0, 0.05) is 32.6 Å². The minimum Gasteiger partial charge on any atom is -0.340 e. The molecule has 0 aromatic heterocycles. The molecule has 4 nitrogen and oxygen atoms in total. The minimum atomic E-state index is 0.276. The maximum absolute atomic E-state index is 11.5. The summed E-state index contributed by atoms with van der Waals surface area (Å²) >= 11 is 0. The Kier molecular flexibility index (Phi) is 4.18. The highest BCUT2D eigenvalue weighted by molar-refractivity contribution is 5.76. The van der Waals surface area contributed by atoms with Crippen LogP contribution < -0.4 is 0 Å². The van der Waals surface area contributed by atoms with Crippen LogP contribution >= 0.6 is 0 Å². The Morgan fingerprint density at radius 2 is 1.92 bits per heavy atom. The topological polar surface area (TPSA) is 32.8 Å². The van der Waals surface area contributed by atoms with Gasteiger partial charge in [0.05, 0.1) is 7.11 Å². The highest BCUT2D eigenvalue weighted by Crippen LogP contribution is 2.04. The fourth-order valence-corrected chi connectivity index (χ4v) is 1.49. The number of rotatable bonds is 3. The molecule has 0 aliphatic carbocycles. The van der Waals surface area contributed by atoms with Crippen LogP contribution in [-0.4, -0.2) is 49.2 Å². The summed E-state index contributed by atoms with van der Waals surface area (Å²) in [4.78, 5) is 18.4. The van der Waals surface area contributed by atoms with E-state index in [1.165, 1.54) is 0 Å². The van der Waals surface area contributed by atoms with Crippen molar-refractivity contribution >= 4 is 5.91 Å². The van der Waals surface area contributed by atoms with Crippen LogP contribution in [0.4, 0.5) is 0 Å². The van der Waals surface area contributed by atoms with E-state index in [1.54, 1.807) is 7.11 Å². The third-order valence-corrected chi connectivity index (χ3v) is 2.31.